The maximum absolute atomic E-state index is 3.66. The van der Waals surface area contributed by atoms with Crippen molar-refractivity contribution < 1.29 is 0 Å². The van der Waals surface area contributed by atoms with Crippen LogP contribution in [0.1, 0.15) is 102 Å². The molecule has 1 aromatic heterocycles. The van der Waals surface area contributed by atoms with E-state index in [1.807, 2.05) is 0 Å². The lowest BCUT2D eigenvalue weighted by Gasteiger charge is -2.14. The smallest absolute Gasteiger partial charge is 0.0458 e. The summed E-state index contributed by atoms with van der Waals surface area (Å²) in [5.41, 5.74) is 7.00. The Kier molecular flexibility index (Phi) is 8.48. The van der Waals surface area contributed by atoms with Crippen molar-refractivity contribution in [3.63, 3.8) is 0 Å². The fourth-order valence-corrected chi connectivity index (χ4v) is 4.19. The van der Waals surface area contributed by atoms with Crippen molar-refractivity contribution in [3.05, 3.63) is 52.9 Å². The molecule has 0 spiro atoms. The van der Waals surface area contributed by atoms with Gasteiger partial charge in [-0.2, -0.15) is 0 Å². The highest BCUT2D eigenvalue weighted by atomic mass is 14.7. The molecule has 0 radical (unpaired) electrons. The van der Waals surface area contributed by atoms with Crippen LogP contribution < -0.4 is 0 Å². The predicted octanol–water partition coefficient (Wildman–Crippen LogP) is 8.10. The lowest BCUT2D eigenvalue weighted by molar-refractivity contribution is 0.449. The van der Waals surface area contributed by atoms with Crippen molar-refractivity contribution in [1.82, 2.24) is 4.98 Å². The van der Waals surface area contributed by atoms with Crippen LogP contribution >= 0.6 is 0 Å². The molecular formula is C25H39N. The Labute approximate surface area is 161 Å². The van der Waals surface area contributed by atoms with E-state index in [-0.39, 0.29) is 0 Å². The van der Waals surface area contributed by atoms with Crippen molar-refractivity contribution in [2.75, 3.05) is 0 Å². The van der Waals surface area contributed by atoms with Crippen LogP contribution in [0, 0.1) is 12.8 Å². The highest BCUT2D eigenvalue weighted by Crippen LogP contribution is 2.31. The van der Waals surface area contributed by atoms with Gasteiger partial charge in [-0.25, -0.2) is 0 Å². The highest BCUT2D eigenvalue weighted by molar-refractivity contribution is 5.75. The molecule has 2 rings (SSSR count). The highest BCUT2D eigenvalue weighted by Gasteiger charge is 2.14. The van der Waals surface area contributed by atoms with Crippen molar-refractivity contribution >= 4 is 5.57 Å². The van der Waals surface area contributed by atoms with Gasteiger partial charge in [0.25, 0.3) is 0 Å². The molecule has 1 aliphatic rings. The maximum atomic E-state index is 3.66. The second-order valence-corrected chi connectivity index (χ2v) is 8.30. The third-order valence-electron chi connectivity index (χ3n) is 5.74. The SMILES string of the molecule is CCCC1=CC(c2cc(C(C)CCCC(C)CCC)c(C)[nH]2)=CC=CC1. The quantitative estimate of drug-likeness (QED) is 0.437. The van der Waals surface area contributed by atoms with Crippen LogP contribution in [0.3, 0.4) is 0 Å². The molecule has 1 nitrogen and oxygen atoms in total. The van der Waals surface area contributed by atoms with E-state index in [9.17, 15) is 0 Å². The molecule has 1 aliphatic carbocycles. The first-order valence-corrected chi connectivity index (χ1v) is 10.8. The number of aryl methyl sites for hydroxylation is 1. The Balaban J connectivity index is 2.04. The van der Waals surface area contributed by atoms with Crippen molar-refractivity contribution in [3.8, 4) is 0 Å². The molecule has 0 bridgehead atoms. The molecule has 2 unspecified atom stereocenters. The van der Waals surface area contributed by atoms with Crippen molar-refractivity contribution in [2.24, 2.45) is 5.92 Å². The molecule has 26 heavy (non-hydrogen) atoms. The standard InChI is InChI=1S/C25H39N/c1-6-11-19(3)13-10-14-20(4)24-18-25(26-21(24)5)23-16-9-8-15-22(17-23)12-7-2/h8-9,16-20,26H,6-7,10-15H2,1-5H3. The molecule has 1 heterocycles. The minimum atomic E-state index is 0.634. The van der Waals surface area contributed by atoms with Gasteiger partial charge < -0.3 is 4.98 Å². The molecule has 1 heteroatoms. The molecule has 0 aliphatic heterocycles. The zero-order chi connectivity index (χ0) is 18.9. The summed E-state index contributed by atoms with van der Waals surface area (Å²) in [5.74, 6) is 1.51. The van der Waals surface area contributed by atoms with E-state index >= 15 is 0 Å². The van der Waals surface area contributed by atoms with Gasteiger partial charge in [0.1, 0.15) is 0 Å². The van der Waals surface area contributed by atoms with Crippen LogP contribution in [0.5, 0.6) is 0 Å². The molecule has 0 saturated carbocycles. The van der Waals surface area contributed by atoms with Crippen LogP contribution in [0.15, 0.2) is 35.9 Å². The summed E-state index contributed by atoms with van der Waals surface area (Å²) in [5, 5.41) is 0. The Morgan fingerprint density at radius 2 is 1.88 bits per heavy atom. The van der Waals surface area contributed by atoms with Gasteiger partial charge in [0.05, 0.1) is 0 Å². The number of hydrogen-bond acceptors (Lipinski definition) is 0. The van der Waals surface area contributed by atoms with Crippen LogP contribution in [0.4, 0.5) is 0 Å². The topological polar surface area (TPSA) is 15.8 Å². The number of rotatable bonds is 10. The molecule has 2 atom stereocenters. The Bertz CT molecular complexity index is 641. The van der Waals surface area contributed by atoms with Gasteiger partial charge in [-0.15, -0.1) is 0 Å². The monoisotopic (exact) mass is 353 g/mol. The maximum Gasteiger partial charge on any atom is 0.0458 e. The molecule has 0 fully saturated rings. The van der Waals surface area contributed by atoms with Gasteiger partial charge in [0, 0.05) is 11.4 Å². The molecule has 1 N–H and O–H groups in total. The lowest BCUT2D eigenvalue weighted by atomic mass is 9.91. The molecular weight excluding hydrogens is 314 g/mol. The average Bonchev–Trinajstić information content (AvgIpc) is 2.84. The summed E-state index contributed by atoms with van der Waals surface area (Å²) >= 11 is 0. The van der Waals surface area contributed by atoms with E-state index in [1.165, 1.54) is 67.5 Å². The number of allylic oxidation sites excluding steroid dienone is 6. The second kappa shape index (κ2) is 10.6. The molecule has 144 valence electrons. The first-order chi connectivity index (χ1) is 12.5. The third kappa shape index (κ3) is 6.04. The summed E-state index contributed by atoms with van der Waals surface area (Å²) < 4.78 is 0. The van der Waals surface area contributed by atoms with Crippen LogP contribution in [0.2, 0.25) is 0 Å². The largest absolute Gasteiger partial charge is 0.358 e. The van der Waals surface area contributed by atoms with Gasteiger partial charge in [0.2, 0.25) is 0 Å². The fourth-order valence-electron chi connectivity index (χ4n) is 4.19. The summed E-state index contributed by atoms with van der Waals surface area (Å²) in [6.45, 7) is 11.6. The minimum absolute atomic E-state index is 0.634. The van der Waals surface area contributed by atoms with E-state index in [0.717, 1.165) is 12.3 Å². The lowest BCUT2D eigenvalue weighted by Crippen LogP contribution is -1.98. The number of aromatic nitrogens is 1. The van der Waals surface area contributed by atoms with Crippen LogP contribution in [-0.4, -0.2) is 4.98 Å². The van der Waals surface area contributed by atoms with Gasteiger partial charge in [0.15, 0.2) is 0 Å². The van der Waals surface area contributed by atoms with E-state index in [4.69, 9.17) is 0 Å². The third-order valence-corrected chi connectivity index (χ3v) is 5.74. The van der Waals surface area contributed by atoms with Gasteiger partial charge >= 0.3 is 0 Å². The van der Waals surface area contributed by atoms with Crippen LogP contribution in [0.25, 0.3) is 5.57 Å². The van der Waals surface area contributed by atoms with Gasteiger partial charge in [-0.05, 0) is 55.2 Å². The number of aromatic amines is 1. The van der Waals surface area contributed by atoms with Crippen molar-refractivity contribution in [1.29, 1.82) is 0 Å². The first kappa shape index (κ1) is 20.8. The number of nitrogens with one attached hydrogen (secondary N) is 1. The Hall–Kier alpha value is -1.50. The molecule has 1 aromatic rings. The predicted molar refractivity (Wildman–Crippen MR) is 117 cm³/mol. The number of hydrogen-bond donors (Lipinski definition) is 1. The molecule has 0 amide bonds. The Morgan fingerprint density at radius 3 is 2.62 bits per heavy atom. The summed E-state index contributed by atoms with van der Waals surface area (Å²) in [6.07, 6.45) is 19.3. The first-order valence-electron chi connectivity index (χ1n) is 10.8. The normalized spacial score (nSPS) is 16.8. The minimum Gasteiger partial charge on any atom is -0.358 e. The molecule has 0 aromatic carbocycles. The van der Waals surface area contributed by atoms with Gasteiger partial charge in [-0.3, -0.25) is 0 Å². The summed E-state index contributed by atoms with van der Waals surface area (Å²) in [4.78, 5) is 3.66. The zero-order valence-electron chi connectivity index (χ0n) is 17.7. The zero-order valence-corrected chi connectivity index (χ0v) is 17.7. The van der Waals surface area contributed by atoms with E-state index < -0.39 is 0 Å². The summed E-state index contributed by atoms with van der Waals surface area (Å²) in [7, 11) is 0. The number of H-pyrrole nitrogens is 1. The Morgan fingerprint density at radius 1 is 1.08 bits per heavy atom. The van der Waals surface area contributed by atoms with Crippen LogP contribution in [-0.2, 0) is 0 Å². The molecule has 0 saturated heterocycles. The van der Waals surface area contributed by atoms with E-state index in [1.54, 1.807) is 5.57 Å². The van der Waals surface area contributed by atoms with E-state index in [2.05, 4.69) is 70.0 Å². The fraction of sp³-hybridized carbons (Fsp3) is 0.600. The van der Waals surface area contributed by atoms with E-state index in [0.29, 0.717) is 5.92 Å². The van der Waals surface area contributed by atoms with Gasteiger partial charge in [-0.1, -0.05) is 89.7 Å². The average molecular weight is 354 g/mol. The summed E-state index contributed by atoms with van der Waals surface area (Å²) in [6, 6.07) is 2.40. The second-order valence-electron chi connectivity index (χ2n) is 8.30. The van der Waals surface area contributed by atoms with Crippen molar-refractivity contribution in [2.45, 2.75) is 91.9 Å².